The lowest BCUT2D eigenvalue weighted by atomic mass is 10.1. The summed E-state index contributed by atoms with van der Waals surface area (Å²) >= 11 is 3.47. The van der Waals surface area contributed by atoms with E-state index in [1.807, 2.05) is 42.6 Å². The molecule has 184 valence electrons. The van der Waals surface area contributed by atoms with Crippen LogP contribution in [-0.2, 0) is 17.8 Å². The van der Waals surface area contributed by atoms with Gasteiger partial charge in [-0.05, 0) is 76.7 Å². The number of halogens is 2. The smallest absolute Gasteiger partial charge is 0.255 e. The van der Waals surface area contributed by atoms with E-state index in [4.69, 9.17) is 0 Å². The SMILES string of the molecule is O=C(CN(C(=O)c1ccccc1Br)C1CC1)N(CCc1c[nH]c2ccccc12)Cc1ccc(F)cc1. The molecule has 4 aromatic rings. The zero-order valence-electron chi connectivity index (χ0n) is 19.8. The van der Waals surface area contributed by atoms with Crippen LogP contribution in [0.25, 0.3) is 10.9 Å². The summed E-state index contributed by atoms with van der Waals surface area (Å²) < 4.78 is 14.2. The minimum Gasteiger partial charge on any atom is -0.361 e. The van der Waals surface area contributed by atoms with Crippen molar-refractivity contribution < 1.29 is 14.0 Å². The third-order valence-corrected chi connectivity index (χ3v) is 7.32. The summed E-state index contributed by atoms with van der Waals surface area (Å²) in [4.78, 5) is 33.8. The number of nitrogens with one attached hydrogen (secondary N) is 1. The van der Waals surface area contributed by atoms with Gasteiger partial charge in [0.25, 0.3) is 5.91 Å². The molecule has 1 aliphatic carbocycles. The molecular weight excluding hydrogens is 521 g/mol. The second kappa shape index (κ2) is 10.7. The number of hydrogen-bond acceptors (Lipinski definition) is 2. The molecule has 1 heterocycles. The van der Waals surface area contributed by atoms with E-state index in [-0.39, 0.29) is 30.2 Å². The molecule has 0 spiro atoms. The van der Waals surface area contributed by atoms with E-state index in [9.17, 15) is 14.0 Å². The van der Waals surface area contributed by atoms with Crippen LogP contribution in [0.4, 0.5) is 4.39 Å². The van der Waals surface area contributed by atoms with Crippen LogP contribution in [0.2, 0.25) is 0 Å². The lowest BCUT2D eigenvalue weighted by Gasteiger charge is -2.28. The number of aromatic amines is 1. The normalized spacial score (nSPS) is 13.1. The Hall–Kier alpha value is -3.45. The fraction of sp³-hybridized carbons (Fsp3) is 0.241. The van der Waals surface area contributed by atoms with Crippen LogP contribution < -0.4 is 0 Å². The van der Waals surface area contributed by atoms with Crippen LogP contribution in [0.1, 0.15) is 34.3 Å². The largest absolute Gasteiger partial charge is 0.361 e. The number of carbonyl (C=O) groups is 2. The zero-order valence-corrected chi connectivity index (χ0v) is 21.4. The Morgan fingerprint density at radius 3 is 2.44 bits per heavy atom. The molecule has 36 heavy (non-hydrogen) atoms. The number of hydrogen-bond donors (Lipinski definition) is 1. The summed E-state index contributed by atoms with van der Waals surface area (Å²) in [7, 11) is 0. The first-order chi connectivity index (χ1) is 17.5. The van der Waals surface area contributed by atoms with Crippen molar-refractivity contribution in [1.82, 2.24) is 14.8 Å². The van der Waals surface area contributed by atoms with Crippen LogP contribution in [0.5, 0.6) is 0 Å². The van der Waals surface area contributed by atoms with Crippen LogP contribution in [0, 0.1) is 5.82 Å². The van der Waals surface area contributed by atoms with Gasteiger partial charge >= 0.3 is 0 Å². The fourth-order valence-electron chi connectivity index (χ4n) is 4.48. The van der Waals surface area contributed by atoms with Gasteiger partial charge in [0, 0.05) is 40.7 Å². The van der Waals surface area contributed by atoms with Crippen molar-refractivity contribution in [1.29, 1.82) is 0 Å². The van der Waals surface area contributed by atoms with E-state index in [2.05, 4.69) is 27.0 Å². The highest BCUT2D eigenvalue weighted by Gasteiger charge is 2.35. The second-order valence-corrected chi connectivity index (χ2v) is 10.0. The topological polar surface area (TPSA) is 56.4 Å². The maximum Gasteiger partial charge on any atom is 0.255 e. The second-order valence-electron chi connectivity index (χ2n) is 9.20. The van der Waals surface area contributed by atoms with E-state index >= 15 is 0 Å². The molecule has 0 unspecified atom stereocenters. The number of aromatic nitrogens is 1. The summed E-state index contributed by atoms with van der Waals surface area (Å²) in [6.07, 6.45) is 4.45. The summed E-state index contributed by atoms with van der Waals surface area (Å²) in [5.74, 6) is -0.572. The summed E-state index contributed by atoms with van der Waals surface area (Å²) in [5.41, 5.74) is 3.59. The lowest BCUT2D eigenvalue weighted by molar-refractivity contribution is -0.132. The standard InChI is InChI=1S/C29H27BrFN3O2/c30-26-7-3-1-6-25(26)29(36)34(23-13-14-23)19-28(35)33(18-20-9-11-22(31)12-10-20)16-15-21-17-32-27-8-4-2-5-24(21)27/h1-12,17,23,32H,13-16,18-19H2. The minimum atomic E-state index is -0.311. The molecular formula is C29H27BrFN3O2. The van der Waals surface area contributed by atoms with Crippen molar-refractivity contribution in [3.63, 3.8) is 0 Å². The number of carbonyl (C=O) groups excluding carboxylic acids is 2. The molecule has 0 atom stereocenters. The van der Waals surface area contributed by atoms with Crippen LogP contribution in [0.15, 0.2) is 83.5 Å². The van der Waals surface area contributed by atoms with E-state index in [1.54, 1.807) is 28.0 Å². The van der Waals surface area contributed by atoms with Gasteiger partial charge in [0.2, 0.25) is 5.91 Å². The quantitative estimate of drug-likeness (QED) is 0.281. The Kier molecular flexibility index (Phi) is 7.18. The van der Waals surface area contributed by atoms with Gasteiger partial charge in [-0.1, -0.05) is 42.5 Å². The van der Waals surface area contributed by atoms with Crippen LogP contribution >= 0.6 is 15.9 Å². The first-order valence-electron chi connectivity index (χ1n) is 12.1. The maximum absolute atomic E-state index is 13.6. The highest BCUT2D eigenvalue weighted by molar-refractivity contribution is 9.10. The van der Waals surface area contributed by atoms with Gasteiger partial charge < -0.3 is 14.8 Å². The third-order valence-electron chi connectivity index (χ3n) is 6.62. The summed E-state index contributed by atoms with van der Waals surface area (Å²) in [6.45, 7) is 0.850. The Bertz CT molecular complexity index is 1380. The molecule has 0 radical (unpaired) electrons. The van der Waals surface area contributed by atoms with E-state index in [0.29, 0.717) is 25.1 Å². The average Bonchev–Trinajstić information content (AvgIpc) is 3.65. The minimum absolute atomic E-state index is 0.0138. The molecule has 5 nitrogen and oxygen atoms in total. The third kappa shape index (κ3) is 5.51. The van der Waals surface area contributed by atoms with Crippen molar-refractivity contribution in [3.05, 3.63) is 106 Å². The van der Waals surface area contributed by atoms with Crippen molar-refractivity contribution in [2.45, 2.75) is 31.8 Å². The summed E-state index contributed by atoms with van der Waals surface area (Å²) in [5, 5.41) is 1.13. The van der Waals surface area contributed by atoms with Gasteiger partial charge in [0.05, 0.1) is 5.56 Å². The molecule has 1 N–H and O–H groups in total. The van der Waals surface area contributed by atoms with Gasteiger partial charge in [0.15, 0.2) is 0 Å². The Labute approximate surface area is 218 Å². The lowest BCUT2D eigenvalue weighted by Crippen LogP contribution is -2.44. The van der Waals surface area contributed by atoms with Crippen molar-refractivity contribution in [2.24, 2.45) is 0 Å². The molecule has 1 aliphatic rings. The number of rotatable bonds is 9. The number of benzene rings is 3. The number of H-pyrrole nitrogens is 1. The number of para-hydroxylation sites is 1. The van der Waals surface area contributed by atoms with Crippen LogP contribution in [0.3, 0.4) is 0 Å². The molecule has 5 rings (SSSR count). The maximum atomic E-state index is 13.6. The first-order valence-corrected chi connectivity index (χ1v) is 12.9. The monoisotopic (exact) mass is 547 g/mol. The Balaban J connectivity index is 1.36. The van der Waals surface area contributed by atoms with Crippen molar-refractivity contribution >= 4 is 38.6 Å². The molecule has 3 aromatic carbocycles. The molecule has 7 heteroatoms. The fourth-order valence-corrected chi connectivity index (χ4v) is 4.94. The van der Waals surface area contributed by atoms with Gasteiger partial charge in [-0.15, -0.1) is 0 Å². The predicted molar refractivity (Wildman–Crippen MR) is 142 cm³/mol. The van der Waals surface area contributed by atoms with Crippen molar-refractivity contribution in [3.8, 4) is 0 Å². The number of nitrogens with zero attached hydrogens (tertiary/aromatic N) is 2. The Morgan fingerprint density at radius 1 is 0.972 bits per heavy atom. The van der Waals surface area contributed by atoms with Gasteiger partial charge in [-0.3, -0.25) is 9.59 Å². The first kappa shape index (κ1) is 24.3. The molecule has 0 aliphatic heterocycles. The zero-order chi connectivity index (χ0) is 25.1. The molecule has 2 amide bonds. The molecule has 1 fully saturated rings. The van der Waals surface area contributed by atoms with Gasteiger partial charge in [-0.2, -0.15) is 0 Å². The van der Waals surface area contributed by atoms with E-state index < -0.39 is 0 Å². The highest BCUT2D eigenvalue weighted by Crippen LogP contribution is 2.30. The highest BCUT2D eigenvalue weighted by atomic mass is 79.9. The van der Waals surface area contributed by atoms with Gasteiger partial charge in [0.1, 0.15) is 12.4 Å². The number of amides is 2. The Morgan fingerprint density at radius 2 is 1.69 bits per heavy atom. The molecule has 1 saturated carbocycles. The van der Waals surface area contributed by atoms with E-state index in [1.165, 1.54) is 12.1 Å². The molecule has 0 saturated heterocycles. The average molecular weight is 548 g/mol. The van der Waals surface area contributed by atoms with E-state index in [0.717, 1.165) is 39.3 Å². The van der Waals surface area contributed by atoms with Crippen molar-refractivity contribution in [2.75, 3.05) is 13.1 Å². The number of fused-ring (bicyclic) bond motifs is 1. The molecule has 1 aromatic heterocycles. The van der Waals surface area contributed by atoms with Gasteiger partial charge in [-0.25, -0.2) is 4.39 Å². The molecule has 0 bridgehead atoms. The summed E-state index contributed by atoms with van der Waals surface area (Å²) in [6, 6.07) is 21.7. The van der Waals surface area contributed by atoms with Crippen LogP contribution in [-0.4, -0.2) is 45.7 Å². The predicted octanol–water partition coefficient (Wildman–Crippen LogP) is 5.95.